The van der Waals surface area contributed by atoms with E-state index in [4.69, 9.17) is 14.4 Å². The third-order valence-corrected chi connectivity index (χ3v) is 1.79. The van der Waals surface area contributed by atoms with Crippen molar-refractivity contribution >= 4 is 9.05 Å². The second kappa shape index (κ2) is 3.24. The second-order valence-electron chi connectivity index (χ2n) is 2.49. The summed E-state index contributed by atoms with van der Waals surface area (Å²) in [4.78, 5) is 25.7. The molecule has 0 fully saturated rings. The van der Waals surface area contributed by atoms with Crippen molar-refractivity contribution < 1.29 is 18.8 Å². The molecule has 0 aromatic heterocycles. The maximum Gasteiger partial charge on any atom is 0.741 e. The minimum atomic E-state index is -4.42. The lowest BCUT2D eigenvalue weighted by molar-refractivity contribution is 0.128. The van der Waals surface area contributed by atoms with Crippen molar-refractivity contribution in [2.24, 2.45) is 0 Å². The highest BCUT2D eigenvalue weighted by Crippen LogP contribution is 2.12. The maximum absolute atomic E-state index is 8.57. The molecule has 12 heavy (non-hydrogen) atoms. The van der Waals surface area contributed by atoms with Crippen LogP contribution < -0.4 is 4.43 Å². The Morgan fingerprint density at radius 3 is 2.00 bits per heavy atom. The fraction of sp³-hybridized carbons (Fsp3) is 0.143. The lowest BCUT2D eigenvalue weighted by Gasteiger charge is -2.11. The number of hydrogen-bond acceptors (Lipinski definition) is 4. The first kappa shape index (κ1) is 9.21. The minimum Gasteiger partial charge on any atom is -0.480 e. The lowest BCUT2D eigenvalue weighted by atomic mass is 10.2. The fourth-order valence-corrected chi connectivity index (χ4v) is 1.22. The molecule has 0 aliphatic heterocycles. The predicted octanol–water partition coefficient (Wildman–Crippen LogP) is -0.214. The van der Waals surface area contributed by atoms with Crippen molar-refractivity contribution in [2.45, 2.75) is 6.92 Å². The van der Waals surface area contributed by atoms with Gasteiger partial charge in [0.15, 0.2) is 0 Å². The number of rotatable bonds is 2. The van der Waals surface area contributed by atoms with Crippen LogP contribution >= 0.6 is 0 Å². The van der Waals surface area contributed by atoms with Crippen molar-refractivity contribution in [3.05, 3.63) is 29.8 Å². The van der Waals surface area contributed by atoms with Crippen molar-refractivity contribution in [3.63, 3.8) is 0 Å². The second-order valence-corrected chi connectivity index (χ2v) is 3.84. The van der Waals surface area contributed by atoms with Crippen LogP contribution in [0.25, 0.3) is 0 Å². The largest absolute Gasteiger partial charge is 0.741 e. The van der Waals surface area contributed by atoms with Crippen molar-refractivity contribution in [1.29, 1.82) is 0 Å². The molecule has 0 spiro atoms. The molecule has 1 rings (SSSR count). The Morgan fingerprint density at radius 2 is 1.58 bits per heavy atom. The third kappa shape index (κ3) is 3.01. The molecule has 0 radical (unpaired) electrons. The van der Waals surface area contributed by atoms with E-state index < -0.39 is 9.05 Å². The van der Waals surface area contributed by atoms with Gasteiger partial charge in [0.1, 0.15) is 5.75 Å². The van der Waals surface area contributed by atoms with Gasteiger partial charge in [-0.2, -0.15) is 0 Å². The number of aryl methyl sites for hydroxylation is 1. The summed E-state index contributed by atoms with van der Waals surface area (Å²) in [7, 11) is -4.42. The Bertz CT molecular complexity index is 251. The summed E-state index contributed by atoms with van der Waals surface area (Å²) in [6.45, 7) is 1.89. The van der Waals surface area contributed by atoms with Crippen LogP contribution in [0, 0.1) is 6.92 Å². The zero-order valence-electron chi connectivity index (χ0n) is 6.56. The zero-order valence-corrected chi connectivity index (χ0v) is 7.56. The Labute approximate surface area is 71.2 Å². The first-order valence-electron chi connectivity index (χ1n) is 3.40. The molecule has 3 N–H and O–H groups in total. The molecule has 5 heteroatoms. The summed E-state index contributed by atoms with van der Waals surface area (Å²) in [6.07, 6.45) is 0. The molecule has 0 unspecified atom stereocenters. The maximum atomic E-state index is 8.57. The summed E-state index contributed by atoms with van der Waals surface area (Å²) in [5.41, 5.74) is 1.03. The van der Waals surface area contributed by atoms with Crippen LogP contribution in [0.5, 0.6) is 5.75 Å². The van der Waals surface area contributed by atoms with E-state index in [0.29, 0.717) is 0 Å². The first-order valence-corrected chi connectivity index (χ1v) is 5.15. The molecule has 0 saturated heterocycles. The quantitative estimate of drug-likeness (QED) is 0.559. The van der Waals surface area contributed by atoms with E-state index in [0.717, 1.165) is 5.56 Å². The van der Waals surface area contributed by atoms with Crippen LogP contribution in [-0.4, -0.2) is 23.4 Å². The number of hydrogen-bond donors (Lipinski definition) is 3. The van der Waals surface area contributed by atoms with Crippen LogP contribution in [0.3, 0.4) is 0 Å². The highest BCUT2D eigenvalue weighted by Gasteiger charge is 2.33. The Hall–Kier alpha value is -0.883. The van der Waals surface area contributed by atoms with Gasteiger partial charge in [0.2, 0.25) is 0 Å². The summed E-state index contributed by atoms with van der Waals surface area (Å²) in [6, 6.07) is 6.60. The highest BCUT2D eigenvalue weighted by atomic mass is 28.4. The van der Waals surface area contributed by atoms with Crippen LogP contribution in [-0.2, 0) is 0 Å². The normalized spacial score (nSPS) is 11.3. The minimum absolute atomic E-state index is 0.250. The Morgan fingerprint density at radius 1 is 1.08 bits per heavy atom. The molecule has 0 heterocycles. The van der Waals surface area contributed by atoms with Crippen LogP contribution in [0.15, 0.2) is 24.3 Å². The van der Waals surface area contributed by atoms with Gasteiger partial charge >= 0.3 is 9.05 Å². The molecular weight excluding hydrogens is 176 g/mol. The predicted molar refractivity (Wildman–Crippen MR) is 44.2 cm³/mol. The number of benzene rings is 1. The van der Waals surface area contributed by atoms with Gasteiger partial charge in [-0.3, -0.25) is 0 Å². The smallest absolute Gasteiger partial charge is 0.480 e. The average molecular weight is 186 g/mol. The van der Waals surface area contributed by atoms with Gasteiger partial charge < -0.3 is 18.8 Å². The van der Waals surface area contributed by atoms with Crippen molar-refractivity contribution in [3.8, 4) is 5.75 Å². The van der Waals surface area contributed by atoms with Gasteiger partial charge in [0.25, 0.3) is 0 Å². The van der Waals surface area contributed by atoms with Crippen molar-refractivity contribution in [1.82, 2.24) is 0 Å². The van der Waals surface area contributed by atoms with E-state index in [1.807, 2.05) is 6.92 Å². The Kier molecular flexibility index (Phi) is 2.48. The molecule has 0 aliphatic carbocycles. The van der Waals surface area contributed by atoms with Gasteiger partial charge in [-0.15, -0.1) is 0 Å². The van der Waals surface area contributed by atoms with Crippen molar-refractivity contribution in [2.75, 3.05) is 0 Å². The fourth-order valence-electron chi connectivity index (χ4n) is 0.764. The van der Waals surface area contributed by atoms with E-state index in [9.17, 15) is 0 Å². The molecule has 4 nitrogen and oxygen atoms in total. The van der Waals surface area contributed by atoms with Gasteiger partial charge in [-0.05, 0) is 19.1 Å². The average Bonchev–Trinajstić information content (AvgIpc) is 1.91. The molecule has 66 valence electrons. The van der Waals surface area contributed by atoms with E-state index in [1.165, 1.54) is 0 Å². The van der Waals surface area contributed by atoms with Gasteiger partial charge in [-0.1, -0.05) is 17.7 Å². The van der Waals surface area contributed by atoms with Gasteiger partial charge in [-0.25, -0.2) is 0 Å². The SMILES string of the molecule is Cc1ccc(O[Si](O)(O)O)cc1. The van der Waals surface area contributed by atoms with Crippen LogP contribution in [0.2, 0.25) is 0 Å². The zero-order chi connectivity index (χ0) is 9.19. The van der Waals surface area contributed by atoms with Crippen LogP contribution in [0.1, 0.15) is 5.56 Å². The standard InChI is InChI=1S/C7H10O4Si/c1-6-2-4-7(5-3-6)11-12(8,9)10/h2-5,8-10H,1H3. The monoisotopic (exact) mass is 186 g/mol. The third-order valence-electron chi connectivity index (χ3n) is 1.28. The Balaban J connectivity index is 2.71. The van der Waals surface area contributed by atoms with E-state index in [2.05, 4.69) is 4.43 Å². The molecule has 1 aromatic carbocycles. The summed E-state index contributed by atoms with van der Waals surface area (Å²) >= 11 is 0. The van der Waals surface area contributed by atoms with E-state index in [-0.39, 0.29) is 5.75 Å². The molecular formula is C7H10O4Si. The molecule has 1 aromatic rings. The molecule has 0 aliphatic rings. The van der Waals surface area contributed by atoms with Gasteiger partial charge in [0.05, 0.1) is 0 Å². The summed E-state index contributed by atoms with van der Waals surface area (Å²) in [5.74, 6) is 0.250. The summed E-state index contributed by atoms with van der Waals surface area (Å²) in [5, 5.41) is 0. The van der Waals surface area contributed by atoms with Gasteiger partial charge in [0, 0.05) is 0 Å². The summed E-state index contributed by atoms with van der Waals surface area (Å²) < 4.78 is 4.46. The van der Waals surface area contributed by atoms with E-state index in [1.54, 1.807) is 24.3 Å². The van der Waals surface area contributed by atoms with Crippen LogP contribution in [0.4, 0.5) is 0 Å². The molecule has 0 amide bonds. The molecule has 0 bridgehead atoms. The topological polar surface area (TPSA) is 69.9 Å². The molecule has 0 saturated carbocycles. The first-order chi connectivity index (χ1) is 5.47. The molecule has 0 atom stereocenters. The highest BCUT2D eigenvalue weighted by molar-refractivity contribution is 6.49. The van der Waals surface area contributed by atoms with E-state index >= 15 is 0 Å². The lowest BCUT2D eigenvalue weighted by Crippen LogP contribution is -2.42.